The van der Waals surface area contributed by atoms with Crippen molar-refractivity contribution < 1.29 is 13.2 Å². The Labute approximate surface area is 98.4 Å². The van der Waals surface area contributed by atoms with Gasteiger partial charge in [0.05, 0.1) is 6.07 Å². The minimum atomic E-state index is -4.42. The van der Waals surface area contributed by atoms with E-state index in [4.69, 9.17) is 11.0 Å². The molecular weight excluding hydrogens is 231 g/mol. The number of nitriles is 1. The van der Waals surface area contributed by atoms with Gasteiger partial charge in [0, 0.05) is 24.7 Å². The van der Waals surface area contributed by atoms with Gasteiger partial charge in [0.2, 0.25) is 0 Å². The van der Waals surface area contributed by atoms with E-state index in [1.165, 1.54) is 6.07 Å². The van der Waals surface area contributed by atoms with E-state index in [1.807, 2.05) is 4.90 Å². The maximum atomic E-state index is 12.6. The number of fused-ring (bicyclic) bond motifs is 2. The Morgan fingerprint density at radius 3 is 2.24 bits per heavy atom. The summed E-state index contributed by atoms with van der Waals surface area (Å²) >= 11 is 0. The van der Waals surface area contributed by atoms with E-state index in [0.717, 1.165) is 25.7 Å². The van der Waals surface area contributed by atoms with Crippen molar-refractivity contribution in [1.29, 1.82) is 5.26 Å². The van der Waals surface area contributed by atoms with Gasteiger partial charge in [-0.15, -0.1) is 0 Å². The Balaban J connectivity index is 2.03. The topological polar surface area (TPSA) is 53.0 Å². The number of hydrogen-bond donors (Lipinski definition) is 1. The van der Waals surface area contributed by atoms with Crippen molar-refractivity contribution in [2.45, 2.75) is 50.0 Å². The third-order valence-corrected chi connectivity index (χ3v) is 3.87. The first-order valence-electron chi connectivity index (χ1n) is 5.89. The molecule has 0 aliphatic carbocycles. The van der Waals surface area contributed by atoms with Gasteiger partial charge >= 0.3 is 6.18 Å². The van der Waals surface area contributed by atoms with E-state index in [-0.39, 0.29) is 24.7 Å². The lowest BCUT2D eigenvalue weighted by Gasteiger charge is -2.38. The van der Waals surface area contributed by atoms with Gasteiger partial charge in [0.15, 0.2) is 5.92 Å². The molecule has 0 amide bonds. The molecule has 0 radical (unpaired) electrons. The lowest BCUT2D eigenvalue weighted by molar-refractivity contribution is -0.165. The number of halogens is 3. The summed E-state index contributed by atoms with van der Waals surface area (Å²) in [5.41, 5.74) is 5.85. The van der Waals surface area contributed by atoms with Gasteiger partial charge in [-0.1, -0.05) is 0 Å². The molecule has 2 saturated heterocycles. The Morgan fingerprint density at radius 2 is 1.82 bits per heavy atom. The van der Waals surface area contributed by atoms with Crippen molar-refractivity contribution >= 4 is 0 Å². The molecule has 2 rings (SSSR count). The van der Waals surface area contributed by atoms with Crippen molar-refractivity contribution in [3.05, 3.63) is 0 Å². The quantitative estimate of drug-likeness (QED) is 0.807. The van der Waals surface area contributed by atoms with Crippen LogP contribution in [-0.4, -0.2) is 35.7 Å². The van der Waals surface area contributed by atoms with Crippen LogP contribution in [0, 0.1) is 17.2 Å². The Morgan fingerprint density at radius 1 is 1.29 bits per heavy atom. The van der Waals surface area contributed by atoms with Gasteiger partial charge in [-0.05, 0) is 25.7 Å². The molecule has 17 heavy (non-hydrogen) atoms. The second-order valence-corrected chi connectivity index (χ2v) is 5.04. The average Bonchev–Trinajstić information content (AvgIpc) is 2.45. The highest BCUT2D eigenvalue weighted by molar-refractivity contribution is 5.00. The van der Waals surface area contributed by atoms with E-state index >= 15 is 0 Å². The van der Waals surface area contributed by atoms with Crippen LogP contribution in [0.25, 0.3) is 0 Å². The van der Waals surface area contributed by atoms with E-state index in [1.54, 1.807) is 0 Å². The second-order valence-electron chi connectivity index (χ2n) is 5.04. The molecule has 0 aromatic rings. The highest BCUT2D eigenvalue weighted by atomic mass is 19.4. The summed E-state index contributed by atoms with van der Waals surface area (Å²) in [7, 11) is 0. The van der Waals surface area contributed by atoms with Crippen LogP contribution in [0.1, 0.15) is 25.7 Å². The maximum Gasteiger partial charge on any atom is 0.405 e. The summed E-state index contributed by atoms with van der Waals surface area (Å²) in [5, 5.41) is 8.62. The van der Waals surface area contributed by atoms with E-state index in [0.29, 0.717) is 0 Å². The molecule has 3 unspecified atom stereocenters. The number of alkyl halides is 3. The first-order chi connectivity index (χ1) is 7.91. The molecular formula is C11H16F3N3. The third-order valence-electron chi connectivity index (χ3n) is 3.87. The number of hydrogen-bond acceptors (Lipinski definition) is 3. The molecule has 2 heterocycles. The van der Waals surface area contributed by atoms with Gasteiger partial charge in [0.25, 0.3) is 0 Å². The molecule has 0 spiro atoms. The summed E-state index contributed by atoms with van der Waals surface area (Å²) in [6, 6.07) is 1.76. The summed E-state index contributed by atoms with van der Waals surface area (Å²) in [6.07, 6.45) is -1.09. The molecule has 6 heteroatoms. The zero-order chi connectivity index (χ0) is 12.6. The highest BCUT2D eigenvalue weighted by Gasteiger charge is 2.46. The maximum absolute atomic E-state index is 12.6. The van der Waals surface area contributed by atoms with Crippen molar-refractivity contribution in [1.82, 2.24) is 4.90 Å². The summed E-state index contributed by atoms with van der Waals surface area (Å²) < 4.78 is 37.7. The predicted octanol–water partition coefficient (Wildman–Crippen LogP) is 1.64. The summed E-state index contributed by atoms with van der Waals surface area (Å²) in [5.74, 6) is -1.88. The van der Waals surface area contributed by atoms with Crippen molar-refractivity contribution in [3.8, 4) is 6.07 Å². The highest BCUT2D eigenvalue weighted by Crippen LogP contribution is 2.37. The molecule has 3 nitrogen and oxygen atoms in total. The van der Waals surface area contributed by atoms with Gasteiger partial charge < -0.3 is 5.73 Å². The standard InChI is InChI=1S/C11H16F3N3/c12-11(13,14)7(5-15)6-17-9-1-2-10(17)4-8(16)3-9/h7-10H,1-4,6,16H2. The zero-order valence-corrected chi connectivity index (χ0v) is 9.45. The Hall–Kier alpha value is -0.800. The molecule has 2 bridgehead atoms. The van der Waals surface area contributed by atoms with Crippen LogP contribution in [0.5, 0.6) is 0 Å². The number of rotatable bonds is 2. The molecule has 2 N–H and O–H groups in total. The average molecular weight is 247 g/mol. The minimum absolute atomic E-state index is 0.107. The van der Waals surface area contributed by atoms with Crippen molar-refractivity contribution in [2.75, 3.05) is 6.54 Å². The van der Waals surface area contributed by atoms with Crippen LogP contribution in [0.15, 0.2) is 0 Å². The Bertz CT molecular complexity index is 309. The van der Waals surface area contributed by atoms with Crippen molar-refractivity contribution in [3.63, 3.8) is 0 Å². The van der Waals surface area contributed by atoms with Crippen LogP contribution >= 0.6 is 0 Å². The van der Waals surface area contributed by atoms with Crippen molar-refractivity contribution in [2.24, 2.45) is 11.7 Å². The fourth-order valence-electron chi connectivity index (χ4n) is 3.04. The fraction of sp³-hybridized carbons (Fsp3) is 0.909. The molecule has 2 aliphatic heterocycles. The normalized spacial score (nSPS) is 35.6. The molecule has 3 atom stereocenters. The SMILES string of the molecule is N#CC(CN1C2CCC1CC(N)C2)C(F)(F)F. The van der Waals surface area contributed by atoms with Gasteiger partial charge in [-0.2, -0.15) is 18.4 Å². The number of piperidine rings is 1. The minimum Gasteiger partial charge on any atom is -0.328 e. The zero-order valence-electron chi connectivity index (χ0n) is 9.45. The largest absolute Gasteiger partial charge is 0.405 e. The molecule has 0 saturated carbocycles. The lowest BCUT2D eigenvalue weighted by atomic mass is 9.96. The van der Waals surface area contributed by atoms with E-state index in [2.05, 4.69) is 0 Å². The first kappa shape index (κ1) is 12.7. The molecule has 2 aliphatic rings. The second kappa shape index (κ2) is 4.46. The molecule has 0 aromatic carbocycles. The summed E-state index contributed by atoms with van der Waals surface area (Å²) in [4.78, 5) is 1.85. The Kier molecular flexibility index (Phi) is 3.32. The molecule has 96 valence electrons. The predicted molar refractivity (Wildman–Crippen MR) is 55.9 cm³/mol. The fourth-order valence-corrected chi connectivity index (χ4v) is 3.04. The first-order valence-corrected chi connectivity index (χ1v) is 5.89. The van der Waals surface area contributed by atoms with E-state index < -0.39 is 12.1 Å². The lowest BCUT2D eigenvalue weighted by Crippen LogP contribution is -2.50. The van der Waals surface area contributed by atoms with Crippen LogP contribution in [0.4, 0.5) is 13.2 Å². The number of nitrogens with two attached hydrogens (primary N) is 1. The monoisotopic (exact) mass is 247 g/mol. The van der Waals surface area contributed by atoms with Crippen LogP contribution in [0.2, 0.25) is 0 Å². The van der Waals surface area contributed by atoms with E-state index in [9.17, 15) is 13.2 Å². The molecule has 0 aromatic heterocycles. The summed E-state index contributed by atoms with van der Waals surface area (Å²) in [6.45, 7) is -0.192. The number of nitrogens with zero attached hydrogens (tertiary/aromatic N) is 2. The van der Waals surface area contributed by atoms with Gasteiger partial charge in [0.1, 0.15) is 0 Å². The smallest absolute Gasteiger partial charge is 0.328 e. The van der Waals surface area contributed by atoms with Crippen LogP contribution in [0.3, 0.4) is 0 Å². The van der Waals surface area contributed by atoms with Crippen LogP contribution in [-0.2, 0) is 0 Å². The molecule has 2 fully saturated rings. The van der Waals surface area contributed by atoms with Crippen LogP contribution < -0.4 is 5.73 Å². The third kappa shape index (κ3) is 2.55. The van der Waals surface area contributed by atoms with Gasteiger partial charge in [-0.25, -0.2) is 0 Å². The van der Waals surface area contributed by atoms with Gasteiger partial charge in [-0.3, -0.25) is 4.90 Å².